The van der Waals surface area contributed by atoms with Gasteiger partial charge in [-0.1, -0.05) is 46.3 Å². The number of hydrogen-bond acceptors (Lipinski definition) is 4. The highest BCUT2D eigenvalue weighted by atomic mass is 16.5. The lowest BCUT2D eigenvalue weighted by atomic mass is 9.98. The Kier molecular flexibility index (Phi) is 9.63. The molecule has 0 saturated carbocycles. The molecule has 1 aliphatic heterocycles. The zero-order valence-electron chi connectivity index (χ0n) is 21.4. The monoisotopic (exact) mass is 443 g/mol. The molecule has 0 spiro atoms. The molecule has 1 saturated heterocycles. The van der Waals surface area contributed by atoms with Gasteiger partial charge in [0.25, 0.3) is 0 Å². The van der Waals surface area contributed by atoms with Crippen molar-refractivity contribution in [1.82, 2.24) is 4.90 Å². The van der Waals surface area contributed by atoms with E-state index in [0.29, 0.717) is 18.6 Å². The maximum Gasteiger partial charge on any atom is 0.239 e. The van der Waals surface area contributed by atoms with Gasteiger partial charge < -0.3 is 20.3 Å². The van der Waals surface area contributed by atoms with Crippen LogP contribution in [-0.2, 0) is 4.79 Å². The molecule has 0 unspecified atom stereocenters. The van der Waals surface area contributed by atoms with Crippen LogP contribution in [0.5, 0.6) is 5.75 Å². The highest BCUT2D eigenvalue weighted by molar-refractivity contribution is 5.81. The molecule has 1 atom stereocenters. The molecule has 0 bridgehead atoms. The molecule has 1 amide bonds. The summed E-state index contributed by atoms with van der Waals surface area (Å²) in [6.45, 7) is 18.1. The minimum absolute atomic E-state index is 0.105. The van der Waals surface area contributed by atoms with E-state index in [2.05, 4.69) is 83.7 Å². The van der Waals surface area contributed by atoms with Crippen LogP contribution in [0, 0.1) is 11.3 Å². The van der Waals surface area contributed by atoms with Crippen molar-refractivity contribution in [3.8, 4) is 5.75 Å². The molecular weight excluding hydrogens is 398 g/mol. The van der Waals surface area contributed by atoms with Crippen molar-refractivity contribution in [3.05, 3.63) is 35.9 Å². The number of hydrogen-bond donors (Lipinski definition) is 1. The Balaban J connectivity index is 2.05. The molecule has 1 aromatic rings. The van der Waals surface area contributed by atoms with Crippen molar-refractivity contribution >= 4 is 11.6 Å². The first-order chi connectivity index (χ1) is 15.0. The van der Waals surface area contributed by atoms with E-state index in [1.807, 2.05) is 4.90 Å². The number of carbonyl (C=O) groups is 1. The summed E-state index contributed by atoms with van der Waals surface area (Å²) in [5.74, 6) is 1.44. The van der Waals surface area contributed by atoms with E-state index >= 15 is 0 Å². The third kappa shape index (κ3) is 8.50. The third-order valence-corrected chi connectivity index (χ3v) is 5.80. The van der Waals surface area contributed by atoms with Crippen LogP contribution >= 0.6 is 0 Å². The predicted molar refractivity (Wildman–Crippen MR) is 135 cm³/mol. The van der Waals surface area contributed by atoms with Crippen molar-refractivity contribution in [2.45, 2.75) is 79.8 Å². The molecule has 32 heavy (non-hydrogen) atoms. The zero-order valence-corrected chi connectivity index (χ0v) is 21.4. The van der Waals surface area contributed by atoms with Crippen molar-refractivity contribution in [1.29, 1.82) is 0 Å². The lowest BCUT2D eigenvalue weighted by Crippen LogP contribution is -2.51. The van der Waals surface area contributed by atoms with E-state index in [4.69, 9.17) is 10.5 Å². The lowest BCUT2D eigenvalue weighted by molar-refractivity contribution is -0.134. The summed E-state index contributed by atoms with van der Waals surface area (Å²) in [7, 11) is 0. The number of amides is 1. The Labute approximate surface area is 196 Å². The van der Waals surface area contributed by atoms with Crippen LogP contribution in [0.15, 0.2) is 35.9 Å². The number of nitrogens with two attached hydrogens (primary N) is 1. The molecule has 0 aliphatic carbocycles. The van der Waals surface area contributed by atoms with Crippen LogP contribution in [0.4, 0.5) is 5.69 Å². The first kappa shape index (κ1) is 26.2. The van der Waals surface area contributed by atoms with Crippen molar-refractivity contribution in [3.63, 3.8) is 0 Å². The van der Waals surface area contributed by atoms with Crippen LogP contribution in [0.3, 0.4) is 0 Å². The molecule has 1 aromatic carbocycles. The van der Waals surface area contributed by atoms with Crippen molar-refractivity contribution < 1.29 is 9.53 Å². The van der Waals surface area contributed by atoms with Gasteiger partial charge in [-0.3, -0.25) is 4.79 Å². The van der Waals surface area contributed by atoms with E-state index in [1.54, 1.807) is 0 Å². The summed E-state index contributed by atoms with van der Waals surface area (Å²) >= 11 is 0. The van der Waals surface area contributed by atoms with E-state index in [1.165, 1.54) is 11.3 Å². The van der Waals surface area contributed by atoms with Crippen molar-refractivity contribution in [2.24, 2.45) is 17.1 Å². The SMILES string of the molecule is CC(C)=CCN(c1ccc(OCC(C)(C)C)cc1)C1CCN(C(=O)[C@@H](N)CC(C)C)CC1. The van der Waals surface area contributed by atoms with Gasteiger partial charge in [0.1, 0.15) is 5.75 Å². The summed E-state index contributed by atoms with van der Waals surface area (Å²) in [6, 6.07) is 8.48. The van der Waals surface area contributed by atoms with E-state index in [0.717, 1.165) is 44.6 Å². The van der Waals surface area contributed by atoms with Crippen LogP contribution in [0.2, 0.25) is 0 Å². The highest BCUT2D eigenvalue weighted by Crippen LogP contribution is 2.27. The maximum absolute atomic E-state index is 12.7. The Morgan fingerprint density at radius 1 is 1.19 bits per heavy atom. The van der Waals surface area contributed by atoms with Crippen LogP contribution in [0.1, 0.15) is 67.7 Å². The molecule has 180 valence electrons. The van der Waals surface area contributed by atoms with Gasteiger partial charge in [-0.25, -0.2) is 0 Å². The van der Waals surface area contributed by atoms with Gasteiger partial charge in [0, 0.05) is 31.4 Å². The van der Waals surface area contributed by atoms with Gasteiger partial charge in [-0.2, -0.15) is 0 Å². The average Bonchev–Trinajstić information content (AvgIpc) is 2.72. The summed E-state index contributed by atoms with van der Waals surface area (Å²) < 4.78 is 5.95. The number of anilines is 1. The molecule has 5 heteroatoms. The van der Waals surface area contributed by atoms with Gasteiger partial charge >= 0.3 is 0 Å². The fourth-order valence-electron chi connectivity index (χ4n) is 4.02. The number of carbonyl (C=O) groups excluding carboxylic acids is 1. The smallest absolute Gasteiger partial charge is 0.239 e. The summed E-state index contributed by atoms with van der Waals surface area (Å²) in [6.07, 6.45) is 4.94. The van der Waals surface area contributed by atoms with Gasteiger partial charge in [0.05, 0.1) is 12.6 Å². The second kappa shape index (κ2) is 11.7. The molecule has 1 aliphatic rings. The first-order valence-corrected chi connectivity index (χ1v) is 12.1. The standard InChI is InChI=1S/C27H45N3O2/c1-20(2)12-17-30(22-8-10-24(11-9-22)32-19-27(5,6)7)23-13-15-29(16-14-23)26(31)25(28)18-21(3)4/h8-12,21,23,25H,13-19,28H2,1-7H3/t25-/m0/s1. The molecule has 1 heterocycles. The molecule has 5 nitrogen and oxygen atoms in total. The second-order valence-electron chi connectivity index (χ2n) is 11.1. The van der Waals surface area contributed by atoms with E-state index < -0.39 is 0 Å². The largest absolute Gasteiger partial charge is 0.493 e. The zero-order chi connectivity index (χ0) is 23.9. The van der Waals surface area contributed by atoms with Crippen LogP contribution in [0.25, 0.3) is 0 Å². The second-order valence-corrected chi connectivity index (χ2v) is 11.1. The molecule has 0 radical (unpaired) electrons. The van der Waals surface area contributed by atoms with Crippen LogP contribution < -0.4 is 15.4 Å². The number of ether oxygens (including phenoxy) is 1. The molecular formula is C27H45N3O2. The maximum atomic E-state index is 12.7. The summed E-state index contributed by atoms with van der Waals surface area (Å²) in [5.41, 5.74) is 8.81. The number of benzene rings is 1. The fourth-order valence-corrected chi connectivity index (χ4v) is 4.02. The molecule has 0 aromatic heterocycles. The summed E-state index contributed by atoms with van der Waals surface area (Å²) in [4.78, 5) is 17.2. The Morgan fingerprint density at radius 3 is 2.28 bits per heavy atom. The Morgan fingerprint density at radius 2 is 1.78 bits per heavy atom. The number of rotatable bonds is 9. The lowest BCUT2D eigenvalue weighted by Gasteiger charge is -2.40. The summed E-state index contributed by atoms with van der Waals surface area (Å²) in [5, 5.41) is 0. The molecule has 2 rings (SSSR count). The van der Waals surface area contributed by atoms with Crippen LogP contribution in [-0.4, -0.2) is 49.1 Å². The Bertz CT molecular complexity index is 737. The average molecular weight is 444 g/mol. The third-order valence-electron chi connectivity index (χ3n) is 5.80. The van der Waals surface area contributed by atoms with Gasteiger partial charge in [0.15, 0.2) is 0 Å². The first-order valence-electron chi connectivity index (χ1n) is 12.1. The quantitative estimate of drug-likeness (QED) is 0.530. The van der Waals surface area contributed by atoms with Gasteiger partial charge in [0.2, 0.25) is 5.91 Å². The van der Waals surface area contributed by atoms with E-state index in [9.17, 15) is 4.79 Å². The number of allylic oxidation sites excluding steroid dienone is 1. The molecule has 2 N–H and O–H groups in total. The minimum atomic E-state index is -0.381. The van der Waals surface area contributed by atoms with Crippen molar-refractivity contribution in [2.75, 3.05) is 31.1 Å². The Hall–Kier alpha value is -2.01. The fraction of sp³-hybridized carbons (Fsp3) is 0.667. The highest BCUT2D eigenvalue weighted by Gasteiger charge is 2.29. The predicted octanol–water partition coefficient (Wildman–Crippen LogP) is 5.25. The normalized spacial score (nSPS) is 16.1. The van der Waals surface area contributed by atoms with E-state index in [-0.39, 0.29) is 17.4 Å². The topological polar surface area (TPSA) is 58.8 Å². The minimum Gasteiger partial charge on any atom is -0.493 e. The van der Waals surface area contributed by atoms with Gasteiger partial charge in [-0.15, -0.1) is 0 Å². The number of likely N-dealkylation sites (tertiary alicyclic amines) is 1. The number of nitrogens with zero attached hydrogens (tertiary/aromatic N) is 2. The van der Waals surface area contributed by atoms with Gasteiger partial charge in [-0.05, 0) is 68.7 Å². The number of piperidine rings is 1. The molecule has 1 fully saturated rings.